The van der Waals surface area contributed by atoms with Gasteiger partial charge in [-0.1, -0.05) is 30.0 Å². The van der Waals surface area contributed by atoms with Crippen molar-refractivity contribution in [2.75, 3.05) is 13.7 Å². The third-order valence-electron chi connectivity index (χ3n) is 5.42. The van der Waals surface area contributed by atoms with Crippen LogP contribution in [-0.2, 0) is 11.3 Å². The molecule has 2 atom stereocenters. The number of fused-ring (bicyclic) bond motifs is 1. The van der Waals surface area contributed by atoms with E-state index in [2.05, 4.69) is 22.5 Å². The molecule has 158 valence electrons. The Morgan fingerprint density at radius 1 is 1.19 bits per heavy atom. The van der Waals surface area contributed by atoms with E-state index >= 15 is 0 Å². The van der Waals surface area contributed by atoms with Crippen LogP contribution in [0.15, 0.2) is 42.5 Å². The molecule has 1 unspecified atom stereocenters. The Kier molecular flexibility index (Phi) is 5.13. The van der Waals surface area contributed by atoms with Gasteiger partial charge in [0, 0.05) is 23.7 Å². The van der Waals surface area contributed by atoms with E-state index in [1.165, 1.54) is 12.0 Å². The fourth-order valence-corrected chi connectivity index (χ4v) is 3.66. The van der Waals surface area contributed by atoms with E-state index < -0.39 is 17.5 Å². The lowest BCUT2D eigenvalue weighted by molar-refractivity contribution is -0.122. The van der Waals surface area contributed by atoms with Gasteiger partial charge < -0.3 is 20.7 Å². The van der Waals surface area contributed by atoms with Gasteiger partial charge in [-0.15, -0.1) is 0 Å². The Bertz CT molecular complexity index is 1130. The second-order valence-corrected chi connectivity index (χ2v) is 7.66. The van der Waals surface area contributed by atoms with Crippen LogP contribution in [-0.4, -0.2) is 41.9 Å². The minimum Gasteiger partial charge on any atom is -0.497 e. The summed E-state index contributed by atoms with van der Waals surface area (Å²) in [6.07, 6.45) is 0. The van der Waals surface area contributed by atoms with E-state index in [1.807, 2.05) is 25.1 Å². The number of nitrogens with zero attached hydrogens (tertiary/aromatic N) is 1. The van der Waals surface area contributed by atoms with Gasteiger partial charge in [0.05, 0.1) is 13.7 Å². The molecule has 0 aromatic heterocycles. The number of hydrogen-bond acceptors (Lipinski definition) is 5. The number of benzene rings is 2. The van der Waals surface area contributed by atoms with Crippen molar-refractivity contribution in [2.24, 2.45) is 5.73 Å². The molecule has 2 heterocycles. The molecule has 31 heavy (non-hydrogen) atoms. The van der Waals surface area contributed by atoms with Gasteiger partial charge in [0.1, 0.15) is 5.75 Å². The third-order valence-corrected chi connectivity index (χ3v) is 5.42. The minimum absolute atomic E-state index is 0.0781. The molecule has 0 bridgehead atoms. The number of nitrogens with two attached hydrogens (primary N) is 1. The quantitative estimate of drug-likeness (QED) is 0.512. The van der Waals surface area contributed by atoms with Crippen LogP contribution in [0.2, 0.25) is 0 Å². The van der Waals surface area contributed by atoms with Crippen LogP contribution in [0.1, 0.15) is 40.0 Å². The van der Waals surface area contributed by atoms with Gasteiger partial charge in [0.25, 0.3) is 11.8 Å². The number of hydrogen-bond donors (Lipinski definition) is 3. The predicted molar refractivity (Wildman–Crippen MR) is 113 cm³/mol. The standard InChI is InChI=1S/C23H22N4O4/c1-14(24)16-5-3-15(4-6-16)9-10-23(21(29)25-22(30)26-23)13-27-12-17-7-8-18(31-2)11-19(17)20(27)28/h3-8,11,14H,12-13,24H2,1-2H3,(H2,25,26,29,30)/t14?,23-/m0/s1. The summed E-state index contributed by atoms with van der Waals surface area (Å²) in [6.45, 7) is 2.12. The van der Waals surface area contributed by atoms with Gasteiger partial charge in [-0.05, 0) is 42.3 Å². The van der Waals surface area contributed by atoms with Crippen molar-refractivity contribution in [3.63, 3.8) is 0 Å². The Balaban J connectivity index is 1.62. The van der Waals surface area contributed by atoms with Crippen LogP contribution in [0.3, 0.4) is 0 Å². The van der Waals surface area contributed by atoms with Gasteiger partial charge in [-0.25, -0.2) is 4.79 Å². The molecular weight excluding hydrogens is 396 g/mol. The van der Waals surface area contributed by atoms with Gasteiger partial charge in [-0.2, -0.15) is 0 Å². The zero-order valence-electron chi connectivity index (χ0n) is 17.2. The molecule has 0 aliphatic carbocycles. The molecule has 8 nitrogen and oxygen atoms in total. The first-order valence-corrected chi connectivity index (χ1v) is 9.80. The molecule has 2 aliphatic heterocycles. The van der Waals surface area contributed by atoms with Crippen LogP contribution in [0.25, 0.3) is 0 Å². The zero-order chi connectivity index (χ0) is 22.2. The average molecular weight is 418 g/mol. The van der Waals surface area contributed by atoms with E-state index in [9.17, 15) is 14.4 Å². The molecule has 0 radical (unpaired) electrons. The first-order valence-electron chi connectivity index (χ1n) is 9.80. The Labute approximate surface area is 179 Å². The molecule has 8 heteroatoms. The first kappa shape index (κ1) is 20.4. The lowest BCUT2D eigenvalue weighted by Gasteiger charge is -2.26. The molecule has 0 saturated carbocycles. The molecule has 0 spiro atoms. The van der Waals surface area contributed by atoms with Crippen molar-refractivity contribution >= 4 is 17.8 Å². The van der Waals surface area contributed by atoms with Crippen molar-refractivity contribution < 1.29 is 19.1 Å². The zero-order valence-corrected chi connectivity index (χ0v) is 17.2. The predicted octanol–water partition coefficient (Wildman–Crippen LogP) is 1.30. The maximum atomic E-state index is 12.9. The molecule has 4 amide bonds. The lowest BCUT2D eigenvalue weighted by atomic mass is 9.98. The van der Waals surface area contributed by atoms with Crippen LogP contribution in [0, 0.1) is 11.8 Å². The van der Waals surface area contributed by atoms with E-state index in [0.717, 1.165) is 11.1 Å². The normalized spacial score (nSPS) is 20.5. The maximum Gasteiger partial charge on any atom is 0.323 e. The van der Waals surface area contributed by atoms with Gasteiger partial charge in [0.2, 0.25) is 5.54 Å². The van der Waals surface area contributed by atoms with Crippen LogP contribution in [0.5, 0.6) is 5.75 Å². The van der Waals surface area contributed by atoms with Crippen LogP contribution < -0.4 is 21.1 Å². The number of carbonyl (C=O) groups is 3. The van der Waals surface area contributed by atoms with Crippen molar-refractivity contribution in [3.8, 4) is 17.6 Å². The SMILES string of the molecule is COc1ccc2c(c1)C(=O)N(C[C@]1(C#Cc3ccc(C(C)N)cc3)NC(=O)NC1=O)C2. The van der Waals surface area contributed by atoms with E-state index in [0.29, 0.717) is 23.4 Å². The molecule has 1 saturated heterocycles. The van der Waals surface area contributed by atoms with Crippen LogP contribution in [0.4, 0.5) is 4.79 Å². The summed E-state index contributed by atoms with van der Waals surface area (Å²) < 4.78 is 5.20. The summed E-state index contributed by atoms with van der Waals surface area (Å²) in [5, 5.41) is 4.83. The van der Waals surface area contributed by atoms with Crippen molar-refractivity contribution in [2.45, 2.75) is 25.0 Å². The smallest absolute Gasteiger partial charge is 0.323 e. The highest BCUT2D eigenvalue weighted by Gasteiger charge is 2.48. The number of ether oxygens (including phenoxy) is 1. The highest BCUT2D eigenvalue weighted by Crippen LogP contribution is 2.28. The number of methoxy groups -OCH3 is 1. The topological polar surface area (TPSA) is 114 Å². The summed E-state index contributed by atoms with van der Waals surface area (Å²) in [5.41, 5.74) is 7.29. The number of imide groups is 1. The monoisotopic (exact) mass is 418 g/mol. The molecule has 4 N–H and O–H groups in total. The van der Waals surface area contributed by atoms with Crippen LogP contribution >= 0.6 is 0 Å². The molecule has 2 aromatic rings. The van der Waals surface area contributed by atoms with Gasteiger partial charge in [0.15, 0.2) is 0 Å². The van der Waals surface area contributed by atoms with Crippen molar-refractivity contribution in [3.05, 3.63) is 64.7 Å². The summed E-state index contributed by atoms with van der Waals surface area (Å²) in [4.78, 5) is 39.0. The summed E-state index contributed by atoms with van der Waals surface area (Å²) >= 11 is 0. The highest BCUT2D eigenvalue weighted by molar-refractivity contribution is 6.10. The van der Waals surface area contributed by atoms with Gasteiger partial charge >= 0.3 is 6.03 Å². The molecule has 1 fully saturated rings. The largest absolute Gasteiger partial charge is 0.497 e. The summed E-state index contributed by atoms with van der Waals surface area (Å²) in [7, 11) is 1.53. The third kappa shape index (κ3) is 3.83. The van der Waals surface area contributed by atoms with Crippen molar-refractivity contribution in [1.29, 1.82) is 0 Å². The van der Waals surface area contributed by atoms with E-state index in [4.69, 9.17) is 10.5 Å². The molecule has 2 aromatic carbocycles. The Morgan fingerprint density at radius 2 is 1.94 bits per heavy atom. The van der Waals surface area contributed by atoms with Crippen molar-refractivity contribution in [1.82, 2.24) is 15.5 Å². The number of urea groups is 1. The highest BCUT2D eigenvalue weighted by atomic mass is 16.5. The lowest BCUT2D eigenvalue weighted by Crippen LogP contribution is -2.54. The second kappa shape index (κ2) is 7.78. The molecule has 4 rings (SSSR count). The van der Waals surface area contributed by atoms with Gasteiger partial charge in [-0.3, -0.25) is 14.9 Å². The minimum atomic E-state index is -1.54. The number of rotatable bonds is 4. The second-order valence-electron chi connectivity index (χ2n) is 7.66. The molecular formula is C23H22N4O4. The Morgan fingerprint density at radius 3 is 2.55 bits per heavy atom. The number of nitrogens with one attached hydrogen (secondary N) is 2. The summed E-state index contributed by atoms with van der Waals surface area (Å²) in [5.74, 6) is 5.59. The number of amides is 4. The fourth-order valence-electron chi connectivity index (χ4n) is 3.66. The molecule has 2 aliphatic rings. The average Bonchev–Trinajstić information content (AvgIpc) is 3.21. The summed E-state index contributed by atoms with van der Waals surface area (Å²) in [6, 6.07) is 11.9. The first-order chi connectivity index (χ1) is 14.8. The maximum absolute atomic E-state index is 12.9. The van der Waals surface area contributed by atoms with E-state index in [-0.39, 0.29) is 18.5 Å². The Hall–Kier alpha value is -3.83. The number of carbonyl (C=O) groups excluding carboxylic acids is 3. The van der Waals surface area contributed by atoms with E-state index in [1.54, 1.807) is 24.3 Å². The fraction of sp³-hybridized carbons (Fsp3) is 0.261.